The van der Waals surface area contributed by atoms with Crippen molar-refractivity contribution in [2.45, 2.75) is 19.3 Å². The van der Waals surface area contributed by atoms with E-state index in [-0.39, 0.29) is 18.0 Å². The third-order valence-corrected chi connectivity index (χ3v) is 5.88. The van der Waals surface area contributed by atoms with Crippen LogP contribution in [0.25, 0.3) is 11.1 Å². The molecule has 3 aromatic rings. The van der Waals surface area contributed by atoms with E-state index in [9.17, 15) is 14.0 Å². The lowest BCUT2D eigenvalue weighted by Crippen LogP contribution is -2.53. The molecule has 1 aromatic heterocycles. The minimum absolute atomic E-state index is 0.192. The molecule has 0 radical (unpaired) electrons. The molecule has 7 heteroatoms. The van der Waals surface area contributed by atoms with Crippen LogP contribution in [0.3, 0.4) is 0 Å². The Labute approximate surface area is 179 Å². The highest BCUT2D eigenvalue weighted by atomic mass is 19.1. The molecular formula is C24H23FN4O2. The largest absolute Gasteiger partial charge is 0.369 e. The van der Waals surface area contributed by atoms with Crippen LogP contribution in [0, 0.1) is 11.2 Å². The first kappa shape index (κ1) is 20.7. The molecule has 6 nitrogen and oxygen atoms in total. The van der Waals surface area contributed by atoms with E-state index in [0.29, 0.717) is 25.8 Å². The minimum atomic E-state index is -0.910. The summed E-state index contributed by atoms with van der Waals surface area (Å²) in [5.41, 5.74) is 7.98. The molecule has 0 unspecified atom stereocenters. The number of carbonyl (C=O) groups excluding carboxylic acids is 2. The maximum absolute atomic E-state index is 13.6. The first-order valence-electron chi connectivity index (χ1n) is 10.2. The number of amides is 2. The zero-order chi connectivity index (χ0) is 21.8. The lowest BCUT2D eigenvalue weighted by atomic mass is 9.73. The van der Waals surface area contributed by atoms with Crippen molar-refractivity contribution in [3.05, 3.63) is 84.2 Å². The van der Waals surface area contributed by atoms with Gasteiger partial charge in [0.15, 0.2) is 0 Å². The summed E-state index contributed by atoms with van der Waals surface area (Å²) in [5, 5.41) is 0. The van der Waals surface area contributed by atoms with Gasteiger partial charge >= 0.3 is 0 Å². The Bertz CT molecular complexity index is 1110. The zero-order valence-electron chi connectivity index (χ0n) is 17.0. The number of carbonyl (C=O) groups is 2. The summed E-state index contributed by atoms with van der Waals surface area (Å²) in [6.07, 6.45) is 6.52. The van der Waals surface area contributed by atoms with E-state index in [1.807, 2.05) is 24.3 Å². The quantitative estimate of drug-likeness (QED) is 0.689. The number of primary amides is 1. The highest BCUT2D eigenvalue weighted by molar-refractivity contribution is 5.95. The van der Waals surface area contributed by atoms with Gasteiger partial charge in [0.2, 0.25) is 5.91 Å². The van der Waals surface area contributed by atoms with Gasteiger partial charge in [0.05, 0.1) is 5.41 Å². The lowest BCUT2D eigenvalue weighted by Gasteiger charge is -2.41. The Kier molecular flexibility index (Phi) is 5.75. The Morgan fingerprint density at radius 3 is 2.61 bits per heavy atom. The van der Waals surface area contributed by atoms with Crippen molar-refractivity contribution < 1.29 is 14.0 Å². The van der Waals surface area contributed by atoms with Crippen molar-refractivity contribution in [1.82, 2.24) is 14.9 Å². The molecule has 1 aliphatic heterocycles. The molecule has 2 aromatic carbocycles. The summed E-state index contributed by atoms with van der Waals surface area (Å²) in [4.78, 5) is 35.5. The maximum atomic E-state index is 13.6. The van der Waals surface area contributed by atoms with E-state index < -0.39 is 17.1 Å². The molecule has 31 heavy (non-hydrogen) atoms. The van der Waals surface area contributed by atoms with E-state index >= 15 is 0 Å². The number of benzene rings is 2. The van der Waals surface area contributed by atoms with Gasteiger partial charge in [0.1, 0.15) is 12.1 Å². The molecule has 0 aliphatic carbocycles. The van der Waals surface area contributed by atoms with Crippen molar-refractivity contribution in [1.29, 1.82) is 0 Å². The van der Waals surface area contributed by atoms with Gasteiger partial charge in [-0.3, -0.25) is 9.59 Å². The second kappa shape index (κ2) is 8.63. The maximum Gasteiger partial charge on any atom is 0.253 e. The number of likely N-dealkylation sites (tertiary alicyclic amines) is 1. The molecule has 1 aliphatic rings. The van der Waals surface area contributed by atoms with Gasteiger partial charge in [-0.1, -0.05) is 30.3 Å². The van der Waals surface area contributed by atoms with Crippen molar-refractivity contribution in [2.75, 3.05) is 13.1 Å². The van der Waals surface area contributed by atoms with Gasteiger partial charge < -0.3 is 10.6 Å². The van der Waals surface area contributed by atoms with E-state index in [0.717, 1.165) is 16.7 Å². The van der Waals surface area contributed by atoms with Crippen molar-refractivity contribution >= 4 is 11.8 Å². The Morgan fingerprint density at radius 1 is 1.10 bits per heavy atom. The summed E-state index contributed by atoms with van der Waals surface area (Å²) < 4.78 is 13.6. The van der Waals surface area contributed by atoms with Crippen LogP contribution in [0.5, 0.6) is 0 Å². The van der Waals surface area contributed by atoms with Crippen LogP contribution in [0.15, 0.2) is 67.3 Å². The van der Waals surface area contributed by atoms with Crippen LogP contribution in [0.1, 0.15) is 28.8 Å². The van der Waals surface area contributed by atoms with E-state index in [2.05, 4.69) is 9.97 Å². The van der Waals surface area contributed by atoms with Gasteiger partial charge in [0.25, 0.3) is 5.91 Å². The molecule has 1 saturated heterocycles. The standard InChI is InChI=1S/C24H23FN4O2/c25-20-7-3-6-17(11-20)22(30)29-10-4-9-24(15-29,23(26)31)12-18-5-1-2-8-21(18)19-13-27-16-28-14-19/h1-3,5-8,11,13-14,16H,4,9-10,12,15H2,(H2,26,31)/t24-/m0/s1. The smallest absolute Gasteiger partial charge is 0.253 e. The number of hydrogen-bond donors (Lipinski definition) is 1. The van der Waals surface area contributed by atoms with Crippen LogP contribution in [0.2, 0.25) is 0 Å². The summed E-state index contributed by atoms with van der Waals surface area (Å²) in [5.74, 6) is -1.21. The van der Waals surface area contributed by atoms with Crippen molar-refractivity contribution in [3.63, 3.8) is 0 Å². The molecular weight excluding hydrogens is 395 g/mol. The average molecular weight is 418 g/mol. The fourth-order valence-corrected chi connectivity index (χ4v) is 4.30. The zero-order valence-corrected chi connectivity index (χ0v) is 17.0. The summed E-state index contributed by atoms with van der Waals surface area (Å²) in [6, 6.07) is 13.3. The van der Waals surface area contributed by atoms with Gasteiger partial charge in [-0.2, -0.15) is 0 Å². The highest BCUT2D eigenvalue weighted by Gasteiger charge is 2.42. The van der Waals surface area contributed by atoms with Crippen molar-refractivity contribution in [2.24, 2.45) is 11.1 Å². The molecule has 2 N–H and O–H groups in total. The summed E-state index contributed by atoms with van der Waals surface area (Å²) >= 11 is 0. The number of nitrogens with two attached hydrogens (primary N) is 1. The second-order valence-corrected chi connectivity index (χ2v) is 7.95. The van der Waals surface area contributed by atoms with E-state index in [1.54, 1.807) is 23.4 Å². The Morgan fingerprint density at radius 2 is 1.87 bits per heavy atom. The fraction of sp³-hybridized carbons (Fsp3) is 0.250. The molecule has 158 valence electrons. The Balaban J connectivity index is 1.65. The number of nitrogens with zero attached hydrogens (tertiary/aromatic N) is 3. The SMILES string of the molecule is NC(=O)[C@]1(Cc2ccccc2-c2cncnc2)CCCN(C(=O)c2cccc(F)c2)C1. The first-order chi connectivity index (χ1) is 15.0. The molecule has 2 heterocycles. The minimum Gasteiger partial charge on any atom is -0.369 e. The van der Waals surface area contributed by atoms with E-state index in [4.69, 9.17) is 5.73 Å². The van der Waals surface area contributed by atoms with E-state index in [1.165, 1.54) is 24.5 Å². The topological polar surface area (TPSA) is 89.2 Å². The molecule has 0 saturated carbocycles. The number of rotatable bonds is 5. The Hall–Kier alpha value is -3.61. The van der Waals surface area contributed by atoms with Crippen LogP contribution >= 0.6 is 0 Å². The van der Waals surface area contributed by atoms with Gasteiger partial charge in [0, 0.05) is 36.6 Å². The molecule has 4 rings (SSSR count). The molecule has 0 spiro atoms. The molecule has 1 atom stereocenters. The number of piperidine rings is 1. The van der Waals surface area contributed by atoms with Gasteiger partial charge in [-0.15, -0.1) is 0 Å². The van der Waals surface area contributed by atoms with Crippen LogP contribution in [-0.4, -0.2) is 39.8 Å². The molecule has 2 amide bonds. The summed E-state index contributed by atoms with van der Waals surface area (Å²) in [6.45, 7) is 0.690. The lowest BCUT2D eigenvalue weighted by molar-refractivity contribution is -0.130. The van der Waals surface area contributed by atoms with Crippen LogP contribution < -0.4 is 5.73 Å². The van der Waals surface area contributed by atoms with Crippen LogP contribution in [0.4, 0.5) is 4.39 Å². The van der Waals surface area contributed by atoms with Gasteiger partial charge in [-0.05, 0) is 48.6 Å². The highest BCUT2D eigenvalue weighted by Crippen LogP contribution is 2.37. The number of hydrogen-bond acceptors (Lipinski definition) is 4. The normalized spacial score (nSPS) is 18.5. The predicted octanol–water partition coefficient (Wildman–Crippen LogP) is 3.23. The number of aromatic nitrogens is 2. The third-order valence-electron chi connectivity index (χ3n) is 5.88. The first-order valence-corrected chi connectivity index (χ1v) is 10.2. The van der Waals surface area contributed by atoms with Crippen molar-refractivity contribution in [3.8, 4) is 11.1 Å². The second-order valence-electron chi connectivity index (χ2n) is 7.95. The van der Waals surface area contributed by atoms with Crippen LogP contribution in [-0.2, 0) is 11.2 Å². The average Bonchev–Trinajstić information content (AvgIpc) is 2.79. The molecule has 1 fully saturated rings. The fourth-order valence-electron chi connectivity index (χ4n) is 4.30. The summed E-state index contributed by atoms with van der Waals surface area (Å²) in [7, 11) is 0. The number of halogens is 1. The van der Waals surface area contributed by atoms with Gasteiger partial charge in [-0.25, -0.2) is 14.4 Å². The monoisotopic (exact) mass is 418 g/mol. The third kappa shape index (κ3) is 4.30. The predicted molar refractivity (Wildman–Crippen MR) is 114 cm³/mol. The molecule has 0 bridgehead atoms.